The van der Waals surface area contributed by atoms with Gasteiger partial charge in [0.05, 0.1) is 0 Å². The second kappa shape index (κ2) is 28.5. The van der Waals surface area contributed by atoms with Gasteiger partial charge in [-0.1, -0.05) is 30.7 Å². The molecule has 23 heavy (non-hydrogen) atoms. The minimum atomic E-state index is -1.41. The quantitative estimate of drug-likeness (QED) is 0.288. The van der Waals surface area contributed by atoms with E-state index >= 15 is 0 Å². The monoisotopic (exact) mass is 377 g/mol. The van der Waals surface area contributed by atoms with Crippen LogP contribution in [0.15, 0.2) is 36.5 Å². The van der Waals surface area contributed by atoms with Crippen LogP contribution in [0.4, 0.5) is 8.78 Å². The minimum absolute atomic E-state index is 0. The molecular formula is C16H25F2NiO4-. The van der Waals surface area contributed by atoms with E-state index in [0.29, 0.717) is 0 Å². The average Bonchev–Trinajstić information content (AvgIpc) is 2.51. The molecule has 0 amide bonds. The van der Waals surface area contributed by atoms with Crippen molar-refractivity contribution in [3.8, 4) is 0 Å². The van der Waals surface area contributed by atoms with E-state index in [1.54, 1.807) is 0 Å². The Hall–Kier alpha value is -1.62. The van der Waals surface area contributed by atoms with Crippen LogP contribution in [0, 0.1) is 6.92 Å². The normalized spacial score (nSPS) is 9.70. The molecule has 0 aliphatic heterocycles. The zero-order valence-electron chi connectivity index (χ0n) is 13.2. The van der Waals surface area contributed by atoms with E-state index in [1.807, 2.05) is 6.08 Å². The van der Waals surface area contributed by atoms with Crippen LogP contribution in [-0.4, -0.2) is 35.5 Å². The Morgan fingerprint density at radius 1 is 0.870 bits per heavy atom. The molecule has 0 rings (SSSR count). The van der Waals surface area contributed by atoms with Crippen molar-refractivity contribution < 1.29 is 45.1 Å². The van der Waals surface area contributed by atoms with E-state index in [2.05, 4.69) is 44.2 Å². The SMILES string of the molecule is O=C(O)CF.O=C(O)CF.[CH2-]C=CCCC=CCCC=CC.[Ni]. The molecule has 0 atom stereocenters. The first-order valence-electron chi connectivity index (χ1n) is 6.72. The first kappa shape index (κ1) is 29.4. The van der Waals surface area contributed by atoms with Crippen LogP contribution in [0.5, 0.6) is 0 Å². The third-order valence-corrected chi connectivity index (χ3v) is 1.80. The molecule has 0 radical (unpaired) electrons. The van der Waals surface area contributed by atoms with Crippen LogP contribution in [-0.2, 0) is 26.1 Å². The van der Waals surface area contributed by atoms with Gasteiger partial charge in [-0.25, -0.2) is 37.4 Å². The Balaban J connectivity index is -0.000000137. The molecule has 0 fully saturated rings. The average molecular weight is 378 g/mol. The summed E-state index contributed by atoms with van der Waals surface area (Å²) < 4.78 is 21.0. The molecule has 0 unspecified atom stereocenters. The van der Waals surface area contributed by atoms with Crippen molar-refractivity contribution in [2.75, 3.05) is 13.3 Å². The van der Waals surface area contributed by atoms with E-state index < -0.39 is 25.3 Å². The second-order valence-electron chi connectivity index (χ2n) is 3.72. The Labute approximate surface area is 146 Å². The Kier molecular flexibility index (Phi) is 36.5. The smallest absolute Gasteiger partial charge is 0.335 e. The molecule has 0 aliphatic carbocycles. The maximum atomic E-state index is 10.5. The fourth-order valence-corrected chi connectivity index (χ4v) is 0.905. The largest absolute Gasteiger partial charge is 0.479 e. The van der Waals surface area contributed by atoms with Crippen LogP contribution < -0.4 is 0 Å². The Morgan fingerprint density at radius 3 is 1.43 bits per heavy atom. The molecule has 2 N–H and O–H groups in total. The number of allylic oxidation sites excluding steroid dienone is 6. The molecule has 0 heterocycles. The van der Waals surface area contributed by atoms with Crippen molar-refractivity contribution >= 4 is 11.9 Å². The number of aliphatic carboxylic acids is 2. The van der Waals surface area contributed by atoms with Gasteiger partial charge in [0.1, 0.15) is 0 Å². The van der Waals surface area contributed by atoms with E-state index in [4.69, 9.17) is 19.8 Å². The number of carboxylic acids is 2. The molecule has 7 heteroatoms. The summed E-state index contributed by atoms with van der Waals surface area (Å²) in [5.74, 6) is -2.82. The number of unbranched alkanes of at least 4 members (excludes halogenated alkanes) is 2. The van der Waals surface area contributed by atoms with Crippen molar-refractivity contribution in [1.82, 2.24) is 0 Å². The molecule has 0 aromatic rings. The number of carboxylic acid groups (broad SMARTS) is 2. The van der Waals surface area contributed by atoms with Gasteiger partial charge in [0.25, 0.3) is 0 Å². The molecule has 0 aromatic heterocycles. The van der Waals surface area contributed by atoms with Gasteiger partial charge < -0.3 is 10.2 Å². The summed E-state index contributed by atoms with van der Waals surface area (Å²) in [6.45, 7) is 3.13. The first-order valence-corrected chi connectivity index (χ1v) is 6.72. The van der Waals surface area contributed by atoms with Gasteiger partial charge in [0.15, 0.2) is 13.3 Å². The van der Waals surface area contributed by atoms with E-state index in [-0.39, 0.29) is 16.5 Å². The fraction of sp³-hybridized carbons (Fsp3) is 0.438. The minimum Gasteiger partial charge on any atom is -0.479 e. The second-order valence-corrected chi connectivity index (χ2v) is 3.72. The van der Waals surface area contributed by atoms with Crippen LogP contribution in [0.3, 0.4) is 0 Å². The predicted octanol–water partition coefficient (Wildman–Crippen LogP) is 4.15. The maximum absolute atomic E-state index is 10.5. The molecule has 0 saturated carbocycles. The van der Waals surface area contributed by atoms with Gasteiger partial charge in [0.2, 0.25) is 0 Å². The Morgan fingerprint density at radius 2 is 1.17 bits per heavy atom. The molecule has 0 spiro atoms. The number of carbonyl (C=O) groups is 2. The van der Waals surface area contributed by atoms with E-state index in [9.17, 15) is 8.78 Å². The molecule has 0 saturated heterocycles. The van der Waals surface area contributed by atoms with Gasteiger partial charge >= 0.3 is 11.9 Å². The maximum Gasteiger partial charge on any atom is 0.335 e. The van der Waals surface area contributed by atoms with Crippen molar-refractivity contribution in [2.24, 2.45) is 0 Å². The van der Waals surface area contributed by atoms with Crippen molar-refractivity contribution in [1.29, 1.82) is 0 Å². The van der Waals surface area contributed by atoms with Crippen LogP contribution in [0.2, 0.25) is 0 Å². The molecule has 0 bridgehead atoms. The number of rotatable bonds is 8. The van der Waals surface area contributed by atoms with Crippen LogP contribution >= 0.6 is 0 Å². The standard InChI is InChI=1S/C12H19.2C2H3FO2.Ni/c1-3-5-7-9-11-12-10-8-6-4-2;2*3-1-2(4)5;/h3-6,11-12H,1,7-10H2,2H3;2*1H2,(H,4,5);/q-1;;;. The Bertz CT molecular complexity index is 311. The zero-order valence-corrected chi connectivity index (χ0v) is 14.2. The summed E-state index contributed by atoms with van der Waals surface area (Å²) in [5.41, 5.74) is 0. The van der Waals surface area contributed by atoms with Crippen molar-refractivity contribution in [2.45, 2.75) is 32.6 Å². The van der Waals surface area contributed by atoms with Gasteiger partial charge in [-0.15, -0.1) is 0 Å². The number of hydrogen-bond donors (Lipinski definition) is 2. The number of alkyl halides is 2. The summed E-state index contributed by atoms with van der Waals surface area (Å²) in [7, 11) is 0. The third kappa shape index (κ3) is 53.2. The molecule has 0 aliphatic rings. The van der Waals surface area contributed by atoms with Gasteiger partial charge in [-0.3, -0.25) is 0 Å². The summed E-state index contributed by atoms with van der Waals surface area (Å²) in [5, 5.41) is 14.7. The third-order valence-electron chi connectivity index (χ3n) is 1.80. The zero-order chi connectivity index (χ0) is 17.6. The predicted molar refractivity (Wildman–Crippen MR) is 84.1 cm³/mol. The summed E-state index contributed by atoms with van der Waals surface area (Å²) in [4.78, 5) is 18.0. The molecule has 138 valence electrons. The number of hydrogen-bond acceptors (Lipinski definition) is 2. The molecule has 0 aromatic carbocycles. The summed E-state index contributed by atoms with van der Waals surface area (Å²) in [6.07, 6.45) is 17.3. The molecular weight excluding hydrogens is 353 g/mol. The first-order chi connectivity index (χ1) is 10.5. The fourth-order valence-electron chi connectivity index (χ4n) is 0.905. The van der Waals surface area contributed by atoms with Crippen LogP contribution in [0.25, 0.3) is 0 Å². The molecule has 4 nitrogen and oxygen atoms in total. The topological polar surface area (TPSA) is 74.6 Å². The summed E-state index contributed by atoms with van der Waals surface area (Å²) >= 11 is 0. The van der Waals surface area contributed by atoms with Crippen LogP contribution in [0.1, 0.15) is 32.6 Å². The van der Waals surface area contributed by atoms with Gasteiger partial charge in [0, 0.05) is 16.5 Å². The van der Waals surface area contributed by atoms with E-state index in [0.717, 1.165) is 19.3 Å². The number of halogens is 2. The van der Waals surface area contributed by atoms with E-state index in [1.165, 1.54) is 6.42 Å². The van der Waals surface area contributed by atoms with Crippen molar-refractivity contribution in [3.05, 3.63) is 43.4 Å². The van der Waals surface area contributed by atoms with Gasteiger partial charge in [-0.05, 0) is 26.2 Å². The van der Waals surface area contributed by atoms with Gasteiger partial charge in [-0.2, -0.15) is 0 Å². The summed E-state index contributed by atoms with van der Waals surface area (Å²) in [6, 6.07) is 0. The van der Waals surface area contributed by atoms with Crippen molar-refractivity contribution in [3.63, 3.8) is 0 Å².